The Morgan fingerprint density at radius 3 is 2.67 bits per heavy atom. The van der Waals surface area contributed by atoms with Crippen LogP contribution in [0.3, 0.4) is 0 Å². The summed E-state index contributed by atoms with van der Waals surface area (Å²) in [5, 5.41) is 9.73. The number of nitrogens with zero attached hydrogens (tertiary/aromatic N) is 4. The Bertz CT molecular complexity index is 923. The molecule has 1 fully saturated rings. The van der Waals surface area contributed by atoms with Crippen LogP contribution in [-0.4, -0.2) is 64.5 Å². The molecule has 24 heavy (non-hydrogen) atoms. The van der Waals surface area contributed by atoms with Gasteiger partial charge < -0.3 is 19.5 Å². The maximum absolute atomic E-state index is 12.4. The van der Waals surface area contributed by atoms with E-state index in [-0.39, 0.29) is 5.56 Å². The topological polar surface area (TPSA) is 78.1 Å². The molecule has 7 heteroatoms. The zero-order valence-electron chi connectivity index (χ0n) is 13.4. The molecule has 0 spiro atoms. The minimum atomic E-state index is -1.19. The molecule has 124 valence electrons. The van der Waals surface area contributed by atoms with E-state index in [1.807, 2.05) is 10.6 Å². The minimum absolute atomic E-state index is 0.195. The summed E-state index contributed by atoms with van der Waals surface area (Å²) >= 11 is 0. The van der Waals surface area contributed by atoms with Gasteiger partial charge in [-0.1, -0.05) is 6.07 Å². The van der Waals surface area contributed by atoms with Crippen molar-refractivity contribution in [1.29, 1.82) is 0 Å². The number of carboxylic acid groups (broad SMARTS) is 1. The molecule has 0 bridgehead atoms. The number of hydrogen-bond acceptors (Lipinski definition) is 5. The highest BCUT2D eigenvalue weighted by Crippen LogP contribution is 2.29. The van der Waals surface area contributed by atoms with Gasteiger partial charge in [-0.3, -0.25) is 4.79 Å². The van der Waals surface area contributed by atoms with Crippen LogP contribution in [0.1, 0.15) is 10.4 Å². The third kappa shape index (κ3) is 2.28. The third-order valence-corrected chi connectivity index (χ3v) is 4.74. The molecule has 0 atom stereocenters. The maximum atomic E-state index is 12.4. The molecule has 2 aromatic rings. The molecule has 1 saturated heterocycles. The van der Waals surface area contributed by atoms with E-state index in [2.05, 4.69) is 16.8 Å². The average molecular weight is 326 g/mol. The summed E-state index contributed by atoms with van der Waals surface area (Å²) < 4.78 is 1.84. The zero-order valence-corrected chi connectivity index (χ0v) is 13.4. The second kappa shape index (κ2) is 5.45. The smallest absolute Gasteiger partial charge is 0.341 e. The van der Waals surface area contributed by atoms with Crippen LogP contribution >= 0.6 is 0 Å². The van der Waals surface area contributed by atoms with E-state index in [0.717, 1.165) is 37.7 Å². The standard InChI is InChI=1S/C17H18N4O3/c1-19-5-7-20(8-6-19)14-10-21-9-12(17(23)24)16(22)11-3-2-4-13(18-14)15(11)21/h2-4,9H,5-8,10H2,1H3,(H,23,24). The summed E-state index contributed by atoms with van der Waals surface area (Å²) in [5.74, 6) is -0.275. The number of piperazine rings is 1. The van der Waals surface area contributed by atoms with Crippen molar-refractivity contribution in [2.24, 2.45) is 4.99 Å². The van der Waals surface area contributed by atoms with Gasteiger partial charge in [0.15, 0.2) is 0 Å². The molecule has 2 aliphatic rings. The number of carboxylic acids is 1. The molecule has 0 unspecified atom stereocenters. The molecule has 0 radical (unpaired) electrons. The van der Waals surface area contributed by atoms with Crippen molar-refractivity contribution >= 4 is 28.4 Å². The summed E-state index contributed by atoms with van der Waals surface area (Å²) in [4.78, 5) is 33.0. The molecule has 2 aliphatic heterocycles. The van der Waals surface area contributed by atoms with E-state index in [0.29, 0.717) is 17.4 Å². The molecular weight excluding hydrogens is 308 g/mol. The first kappa shape index (κ1) is 14.9. The lowest BCUT2D eigenvalue weighted by Gasteiger charge is -2.36. The monoisotopic (exact) mass is 326 g/mol. The number of pyridine rings is 1. The van der Waals surface area contributed by atoms with Gasteiger partial charge in [-0.25, -0.2) is 9.79 Å². The van der Waals surface area contributed by atoms with Gasteiger partial charge in [0.05, 0.1) is 17.7 Å². The second-order valence-corrected chi connectivity index (χ2v) is 6.30. The van der Waals surface area contributed by atoms with Gasteiger partial charge >= 0.3 is 5.97 Å². The zero-order chi connectivity index (χ0) is 16.8. The summed E-state index contributed by atoms with van der Waals surface area (Å²) in [5.41, 5.74) is 0.792. The summed E-state index contributed by atoms with van der Waals surface area (Å²) in [6, 6.07) is 5.29. The van der Waals surface area contributed by atoms with Crippen molar-refractivity contribution in [2.75, 3.05) is 33.2 Å². The number of aromatic carboxylic acids is 1. The molecule has 0 saturated carbocycles. The van der Waals surface area contributed by atoms with Gasteiger partial charge in [0.1, 0.15) is 11.4 Å². The van der Waals surface area contributed by atoms with Gasteiger partial charge in [-0.2, -0.15) is 0 Å². The number of likely N-dealkylation sites (N-methyl/N-ethyl adjacent to an activating group) is 1. The number of benzene rings is 1. The van der Waals surface area contributed by atoms with Crippen LogP contribution in [0.5, 0.6) is 0 Å². The average Bonchev–Trinajstić information content (AvgIpc) is 2.58. The lowest BCUT2D eigenvalue weighted by atomic mass is 10.1. The predicted octanol–water partition coefficient (Wildman–Crippen LogP) is 0.991. The first-order chi connectivity index (χ1) is 11.5. The first-order valence-corrected chi connectivity index (χ1v) is 7.95. The van der Waals surface area contributed by atoms with Crippen LogP contribution < -0.4 is 5.43 Å². The van der Waals surface area contributed by atoms with Crippen molar-refractivity contribution in [3.8, 4) is 0 Å². The Hall–Kier alpha value is -2.67. The maximum Gasteiger partial charge on any atom is 0.341 e. The molecule has 7 nitrogen and oxygen atoms in total. The normalized spacial score (nSPS) is 17.9. The Kier molecular flexibility index (Phi) is 3.38. The SMILES string of the molecule is CN1CCN(C2=Nc3cccc4c(=O)c(C(=O)O)cn(c34)C2)CC1. The molecule has 1 aromatic heterocycles. The minimum Gasteiger partial charge on any atom is -0.477 e. The molecule has 0 aliphatic carbocycles. The van der Waals surface area contributed by atoms with Crippen LogP contribution in [0, 0.1) is 0 Å². The molecule has 4 rings (SSSR count). The van der Waals surface area contributed by atoms with Crippen molar-refractivity contribution in [1.82, 2.24) is 14.4 Å². The van der Waals surface area contributed by atoms with E-state index in [1.54, 1.807) is 12.1 Å². The fraction of sp³-hybridized carbons (Fsp3) is 0.353. The number of aliphatic imine (C=N–C) groups is 1. The van der Waals surface area contributed by atoms with E-state index in [1.165, 1.54) is 6.20 Å². The molecule has 1 aromatic carbocycles. The predicted molar refractivity (Wildman–Crippen MR) is 91.3 cm³/mol. The van der Waals surface area contributed by atoms with Gasteiger partial charge in [0.2, 0.25) is 5.43 Å². The lowest BCUT2D eigenvalue weighted by molar-refractivity contribution is 0.0695. The first-order valence-electron chi connectivity index (χ1n) is 7.95. The Morgan fingerprint density at radius 1 is 1.21 bits per heavy atom. The number of para-hydroxylation sites is 1. The molecule has 0 amide bonds. The van der Waals surface area contributed by atoms with Crippen molar-refractivity contribution in [2.45, 2.75) is 6.54 Å². The van der Waals surface area contributed by atoms with E-state index < -0.39 is 11.4 Å². The van der Waals surface area contributed by atoms with E-state index in [9.17, 15) is 14.7 Å². The van der Waals surface area contributed by atoms with Crippen molar-refractivity contribution in [3.63, 3.8) is 0 Å². The molecular formula is C17H18N4O3. The van der Waals surface area contributed by atoms with Gasteiger partial charge in [-0.15, -0.1) is 0 Å². The van der Waals surface area contributed by atoms with Crippen LogP contribution in [0.2, 0.25) is 0 Å². The largest absolute Gasteiger partial charge is 0.477 e. The van der Waals surface area contributed by atoms with Gasteiger partial charge in [-0.05, 0) is 19.2 Å². The van der Waals surface area contributed by atoms with Crippen LogP contribution in [-0.2, 0) is 6.54 Å². The molecule has 1 N–H and O–H groups in total. The fourth-order valence-electron chi connectivity index (χ4n) is 3.37. The van der Waals surface area contributed by atoms with Crippen LogP contribution in [0.15, 0.2) is 34.2 Å². The van der Waals surface area contributed by atoms with E-state index >= 15 is 0 Å². The Balaban J connectivity index is 1.84. The van der Waals surface area contributed by atoms with E-state index in [4.69, 9.17) is 4.99 Å². The van der Waals surface area contributed by atoms with Gasteiger partial charge in [0, 0.05) is 37.8 Å². The Morgan fingerprint density at radius 2 is 1.96 bits per heavy atom. The number of carbonyl (C=O) groups is 1. The highest BCUT2D eigenvalue weighted by atomic mass is 16.4. The second-order valence-electron chi connectivity index (χ2n) is 6.30. The highest BCUT2D eigenvalue weighted by molar-refractivity contribution is 6.00. The number of amidine groups is 1. The number of rotatable bonds is 1. The number of hydrogen-bond donors (Lipinski definition) is 1. The third-order valence-electron chi connectivity index (χ3n) is 4.74. The van der Waals surface area contributed by atoms with Crippen LogP contribution in [0.25, 0.3) is 10.9 Å². The van der Waals surface area contributed by atoms with Gasteiger partial charge in [0.25, 0.3) is 0 Å². The van der Waals surface area contributed by atoms with Crippen molar-refractivity contribution < 1.29 is 9.90 Å². The van der Waals surface area contributed by atoms with Crippen LogP contribution in [0.4, 0.5) is 5.69 Å². The summed E-state index contributed by atoms with van der Waals surface area (Å²) in [6.45, 7) is 4.22. The number of aromatic nitrogens is 1. The highest BCUT2D eigenvalue weighted by Gasteiger charge is 2.24. The molecule has 3 heterocycles. The summed E-state index contributed by atoms with van der Waals surface area (Å²) in [6.07, 6.45) is 1.45. The fourth-order valence-corrected chi connectivity index (χ4v) is 3.37. The quantitative estimate of drug-likeness (QED) is 0.845. The lowest BCUT2D eigenvalue weighted by Crippen LogP contribution is -2.48. The Labute approximate surface area is 138 Å². The summed E-state index contributed by atoms with van der Waals surface area (Å²) in [7, 11) is 2.10. The van der Waals surface area contributed by atoms with Crippen molar-refractivity contribution in [3.05, 3.63) is 40.2 Å².